The van der Waals surface area contributed by atoms with Crippen LogP contribution < -0.4 is 10.9 Å². The van der Waals surface area contributed by atoms with Gasteiger partial charge in [0, 0.05) is 11.4 Å². The van der Waals surface area contributed by atoms with Gasteiger partial charge in [-0.25, -0.2) is 5.10 Å². The number of rotatable bonds is 2. The van der Waals surface area contributed by atoms with E-state index in [9.17, 15) is 9.59 Å². The predicted molar refractivity (Wildman–Crippen MR) is 67.4 cm³/mol. The first-order valence-electron chi connectivity index (χ1n) is 5.95. The molecule has 2 aromatic rings. The van der Waals surface area contributed by atoms with Crippen LogP contribution in [0.4, 0.5) is 0 Å². The number of H-pyrrole nitrogens is 1. The number of carbonyl (C=O) groups is 1. The molecule has 1 aliphatic rings. The van der Waals surface area contributed by atoms with E-state index >= 15 is 0 Å². The van der Waals surface area contributed by atoms with Crippen molar-refractivity contribution in [1.29, 1.82) is 0 Å². The molecule has 0 bridgehead atoms. The van der Waals surface area contributed by atoms with Crippen molar-refractivity contribution in [2.45, 2.75) is 19.4 Å². The monoisotopic (exact) mass is 243 g/mol. The summed E-state index contributed by atoms with van der Waals surface area (Å²) in [5.41, 5.74) is 0.00578. The summed E-state index contributed by atoms with van der Waals surface area (Å²) in [6.45, 7) is 2.09. The molecule has 1 fully saturated rings. The Morgan fingerprint density at radius 3 is 2.72 bits per heavy atom. The van der Waals surface area contributed by atoms with Crippen molar-refractivity contribution >= 4 is 16.7 Å². The molecular weight excluding hydrogens is 230 g/mol. The number of benzene rings is 1. The van der Waals surface area contributed by atoms with Gasteiger partial charge in [-0.05, 0) is 18.4 Å². The van der Waals surface area contributed by atoms with Crippen molar-refractivity contribution in [1.82, 2.24) is 15.5 Å². The fourth-order valence-corrected chi connectivity index (χ4v) is 2.05. The number of amides is 1. The molecule has 5 heteroatoms. The first kappa shape index (κ1) is 11.0. The first-order chi connectivity index (χ1) is 8.66. The maximum atomic E-state index is 12.1. The van der Waals surface area contributed by atoms with Crippen molar-refractivity contribution in [3.63, 3.8) is 0 Å². The molecule has 1 heterocycles. The normalized spacial score (nSPS) is 21.8. The van der Waals surface area contributed by atoms with Crippen LogP contribution in [0.15, 0.2) is 29.1 Å². The number of nitrogens with one attached hydrogen (secondary N) is 2. The van der Waals surface area contributed by atoms with Gasteiger partial charge in [0.25, 0.3) is 11.5 Å². The van der Waals surface area contributed by atoms with E-state index in [1.807, 2.05) is 0 Å². The lowest BCUT2D eigenvalue weighted by Crippen LogP contribution is -2.29. The Bertz CT molecular complexity index is 677. The van der Waals surface area contributed by atoms with Crippen molar-refractivity contribution < 1.29 is 4.79 Å². The smallest absolute Gasteiger partial charge is 0.272 e. The fraction of sp³-hybridized carbons (Fsp3) is 0.308. The van der Waals surface area contributed by atoms with Gasteiger partial charge in [-0.3, -0.25) is 9.59 Å². The van der Waals surface area contributed by atoms with E-state index in [-0.39, 0.29) is 23.2 Å². The number of hydrogen-bond donors (Lipinski definition) is 2. The zero-order valence-electron chi connectivity index (χ0n) is 9.93. The highest BCUT2D eigenvalue weighted by molar-refractivity contribution is 6.04. The Kier molecular flexibility index (Phi) is 2.40. The molecule has 5 nitrogen and oxygen atoms in total. The van der Waals surface area contributed by atoms with Crippen LogP contribution >= 0.6 is 0 Å². The summed E-state index contributed by atoms with van der Waals surface area (Å²) < 4.78 is 0. The Morgan fingerprint density at radius 1 is 1.39 bits per heavy atom. The summed E-state index contributed by atoms with van der Waals surface area (Å²) in [7, 11) is 0. The molecule has 3 rings (SSSR count). The predicted octanol–water partition coefficient (Wildman–Crippen LogP) is 1.06. The molecule has 0 spiro atoms. The highest BCUT2D eigenvalue weighted by atomic mass is 16.2. The van der Waals surface area contributed by atoms with Crippen molar-refractivity contribution in [3.05, 3.63) is 40.3 Å². The molecule has 1 aromatic carbocycles. The van der Waals surface area contributed by atoms with Gasteiger partial charge in [-0.1, -0.05) is 25.1 Å². The zero-order chi connectivity index (χ0) is 12.7. The molecule has 0 radical (unpaired) electrons. The van der Waals surface area contributed by atoms with E-state index in [1.165, 1.54) is 0 Å². The second-order valence-electron chi connectivity index (χ2n) is 4.74. The lowest BCUT2D eigenvalue weighted by Gasteiger charge is -2.05. The topological polar surface area (TPSA) is 74.8 Å². The molecule has 0 aliphatic heterocycles. The van der Waals surface area contributed by atoms with Crippen LogP contribution in [0.3, 0.4) is 0 Å². The third kappa shape index (κ3) is 1.77. The van der Waals surface area contributed by atoms with E-state index in [2.05, 4.69) is 22.4 Å². The summed E-state index contributed by atoms with van der Waals surface area (Å²) in [6, 6.07) is 7.22. The van der Waals surface area contributed by atoms with Crippen LogP contribution in [0.25, 0.3) is 10.8 Å². The molecule has 2 unspecified atom stereocenters. The Hall–Kier alpha value is -2.17. The van der Waals surface area contributed by atoms with Gasteiger partial charge >= 0.3 is 0 Å². The molecule has 1 aromatic heterocycles. The van der Waals surface area contributed by atoms with Gasteiger partial charge in [-0.2, -0.15) is 5.10 Å². The third-order valence-electron chi connectivity index (χ3n) is 3.34. The Morgan fingerprint density at radius 2 is 2.06 bits per heavy atom. The quantitative estimate of drug-likeness (QED) is 0.828. The van der Waals surface area contributed by atoms with E-state index in [0.29, 0.717) is 16.7 Å². The van der Waals surface area contributed by atoms with Crippen molar-refractivity contribution in [2.75, 3.05) is 0 Å². The van der Waals surface area contributed by atoms with E-state index in [0.717, 1.165) is 6.42 Å². The van der Waals surface area contributed by atoms with Gasteiger partial charge in [-0.15, -0.1) is 0 Å². The fourth-order valence-electron chi connectivity index (χ4n) is 2.05. The minimum atomic E-state index is -0.276. The minimum absolute atomic E-state index is 0.225. The maximum absolute atomic E-state index is 12.1. The Balaban J connectivity index is 2.04. The van der Waals surface area contributed by atoms with Crippen LogP contribution in [0.5, 0.6) is 0 Å². The van der Waals surface area contributed by atoms with Crippen LogP contribution in [0, 0.1) is 5.92 Å². The summed E-state index contributed by atoms with van der Waals surface area (Å²) in [5, 5.41) is 10.2. The molecule has 18 heavy (non-hydrogen) atoms. The van der Waals surface area contributed by atoms with Gasteiger partial charge < -0.3 is 5.32 Å². The average Bonchev–Trinajstić information content (AvgIpc) is 3.05. The summed E-state index contributed by atoms with van der Waals surface area (Å²) in [6.07, 6.45) is 1.01. The Labute approximate surface area is 103 Å². The van der Waals surface area contributed by atoms with Gasteiger partial charge in [0.15, 0.2) is 5.69 Å². The van der Waals surface area contributed by atoms with E-state index < -0.39 is 0 Å². The highest BCUT2D eigenvalue weighted by Gasteiger charge is 2.34. The largest absolute Gasteiger partial charge is 0.348 e. The molecule has 1 amide bonds. The van der Waals surface area contributed by atoms with Crippen LogP contribution in [0.1, 0.15) is 23.8 Å². The molecule has 92 valence electrons. The SMILES string of the molecule is CC1CC1NC(=O)c1n[nH]c(=O)c2ccccc12. The van der Waals surface area contributed by atoms with E-state index in [1.54, 1.807) is 24.3 Å². The number of hydrogen-bond acceptors (Lipinski definition) is 3. The van der Waals surface area contributed by atoms with Crippen LogP contribution in [-0.2, 0) is 0 Å². The highest BCUT2D eigenvalue weighted by Crippen LogP contribution is 2.29. The lowest BCUT2D eigenvalue weighted by molar-refractivity contribution is 0.0945. The van der Waals surface area contributed by atoms with Crippen molar-refractivity contribution in [2.24, 2.45) is 5.92 Å². The third-order valence-corrected chi connectivity index (χ3v) is 3.34. The molecule has 2 atom stereocenters. The van der Waals surface area contributed by atoms with Gasteiger partial charge in [0.1, 0.15) is 0 Å². The zero-order valence-corrected chi connectivity index (χ0v) is 9.93. The van der Waals surface area contributed by atoms with Gasteiger partial charge in [0.2, 0.25) is 0 Å². The minimum Gasteiger partial charge on any atom is -0.348 e. The number of nitrogens with zero attached hydrogens (tertiary/aromatic N) is 1. The van der Waals surface area contributed by atoms with Gasteiger partial charge in [0.05, 0.1) is 5.39 Å². The van der Waals surface area contributed by atoms with E-state index in [4.69, 9.17) is 0 Å². The standard InChI is InChI=1S/C13H13N3O2/c1-7-6-10(7)14-13(18)11-8-4-2-3-5-9(8)12(17)16-15-11/h2-5,7,10H,6H2,1H3,(H,14,18)(H,16,17). The summed E-state index contributed by atoms with van der Waals surface area (Å²) in [5.74, 6) is 0.305. The molecule has 0 saturated heterocycles. The van der Waals surface area contributed by atoms with Crippen LogP contribution in [0.2, 0.25) is 0 Å². The molecule has 1 aliphatic carbocycles. The maximum Gasteiger partial charge on any atom is 0.272 e. The summed E-state index contributed by atoms with van der Waals surface area (Å²) >= 11 is 0. The number of aromatic amines is 1. The number of fused-ring (bicyclic) bond motifs is 1. The number of carbonyl (C=O) groups excluding carboxylic acids is 1. The van der Waals surface area contributed by atoms with Crippen LogP contribution in [-0.4, -0.2) is 22.1 Å². The molecular formula is C13H13N3O2. The first-order valence-corrected chi connectivity index (χ1v) is 5.95. The average molecular weight is 243 g/mol. The molecule has 2 N–H and O–H groups in total. The second kappa shape index (κ2) is 3.94. The molecule has 1 saturated carbocycles. The lowest BCUT2D eigenvalue weighted by atomic mass is 10.1. The summed E-state index contributed by atoms with van der Waals surface area (Å²) in [4.78, 5) is 23.7. The van der Waals surface area contributed by atoms with Crippen molar-refractivity contribution in [3.8, 4) is 0 Å². The number of aromatic nitrogens is 2. The second-order valence-corrected chi connectivity index (χ2v) is 4.74.